The SMILES string of the molecule is O=[N+]([O-])N1CCNN1S(=O)(=O)c1ccccc1. The highest BCUT2D eigenvalue weighted by Crippen LogP contribution is 2.17. The van der Waals surface area contributed by atoms with Crippen molar-refractivity contribution in [1.82, 2.24) is 15.1 Å². The molecular weight excluding hydrogens is 248 g/mol. The summed E-state index contributed by atoms with van der Waals surface area (Å²) in [6.45, 7) is 0.201. The van der Waals surface area contributed by atoms with Crippen molar-refractivity contribution in [2.75, 3.05) is 13.1 Å². The van der Waals surface area contributed by atoms with E-state index in [4.69, 9.17) is 0 Å². The topological polar surface area (TPSA) is 95.8 Å². The Morgan fingerprint density at radius 1 is 1.29 bits per heavy atom. The second kappa shape index (κ2) is 4.28. The molecule has 8 nitrogen and oxygen atoms in total. The van der Waals surface area contributed by atoms with E-state index in [-0.39, 0.29) is 18.0 Å². The van der Waals surface area contributed by atoms with Gasteiger partial charge in [-0.25, -0.2) is 24.0 Å². The maximum absolute atomic E-state index is 12.1. The first-order valence-electron chi connectivity index (χ1n) is 4.79. The van der Waals surface area contributed by atoms with E-state index < -0.39 is 15.1 Å². The molecule has 92 valence electrons. The number of hydrogen-bond donors (Lipinski definition) is 1. The van der Waals surface area contributed by atoms with Crippen LogP contribution in [0, 0.1) is 10.1 Å². The van der Waals surface area contributed by atoms with Gasteiger partial charge in [0.05, 0.1) is 4.90 Å². The summed E-state index contributed by atoms with van der Waals surface area (Å²) in [5.74, 6) is 0. The van der Waals surface area contributed by atoms with Crippen LogP contribution in [0.15, 0.2) is 35.2 Å². The predicted molar refractivity (Wildman–Crippen MR) is 57.2 cm³/mol. The van der Waals surface area contributed by atoms with Gasteiger partial charge in [0.25, 0.3) is 10.0 Å². The molecule has 1 saturated heterocycles. The van der Waals surface area contributed by atoms with Crippen molar-refractivity contribution in [3.63, 3.8) is 0 Å². The van der Waals surface area contributed by atoms with Crippen LogP contribution in [0.2, 0.25) is 0 Å². The maximum atomic E-state index is 12.1. The lowest BCUT2D eigenvalue weighted by molar-refractivity contribution is -0.685. The monoisotopic (exact) mass is 258 g/mol. The second-order valence-electron chi connectivity index (χ2n) is 3.30. The van der Waals surface area contributed by atoms with Crippen LogP contribution in [0.3, 0.4) is 0 Å². The Labute approximate surface area is 97.5 Å². The molecule has 0 atom stereocenters. The van der Waals surface area contributed by atoms with Crippen LogP contribution in [-0.4, -0.2) is 36.2 Å². The smallest absolute Gasteiger partial charge is 0.233 e. The minimum Gasteiger partial charge on any atom is -0.233 e. The normalized spacial score (nSPS) is 17.3. The largest absolute Gasteiger partial charge is 0.278 e. The van der Waals surface area contributed by atoms with Gasteiger partial charge in [0.15, 0.2) is 5.03 Å². The molecule has 1 aliphatic rings. The minimum atomic E-state index is -3.93. The number of sulfonamides is 1. The maximum Gasteiger partial charge on any atom is 0.278 e. The Bertz CT molecular complexity index is 518. The first kappa shape index (κ1) is 11.8. The Kier molecular flexibility index (Phi) is 2.96. The van der Waals surface area contributed by atoms with Crippen molar-refractivity contribution in [1.29, 1.82) is 0 Å². The Morgan fingerprint density at radius 3 is 2.53 bits per heavy atom. The van der Waals surface area contributed by atoms with Gasteiger partial charge in [0.1, 0.15) is 6.54 Å². The third-order valence-corrected chi connectivity index (χ3v) is 3.87. The van der Waals surface area contributed by atoms with E-state index in [0.717, 1.165) is 0 Å². The molecule has 0 aromatic heterocycles. The van der Waals surface area contributed by atoms with Gasteiger partial charge in [-0.3, -0.25) is 0 Å². The summed E-state index contributed by atoms with van der Waals surface area (Å²) in [7, 11) is -3.93. The lowest BCUT2D eigenvalue weighted by Gasteiger charge is -2.18. The molecule has 2 rings (SSSR count). The van der Waals surface area contributed by atoms with E-state index in [1.807, 2.05) is 0 Å². The van der Waals surface area contributed by atoms with Gasteiger partial charge in [-0.05, 0) is 17.3 Å². The lowest BCUT2D eigenvalue weighted by Crippen LogP contribution is -2.48. The highest BCUT2D eigenvalue weighted by molar-refractivity contribution is 7.89. The molecule has 1 aromatic rings. The van der Waals surface area contributed by atoms with Crippen molar-refractivity contribution >= 4 is 10.0 Å². The molecule has 0 bridgehead atoms. The van der Waals surface area contributed by atoms with Crippen molar-refractivity contribution in [3.05, 3.63) is 40.4 Å². The molecule has 0 radical (unpaired) electrons. The fraction of sp³-hybridized carbons (Fsp3) is 0.250. The first-order chi connectivity index (χ1) is 8.03. The fourth-order valence-electron chi connectivity index (χ4n) is 1.47. The van der Waals surface area contributed by atoms with Crippen LogP contribution < -0.4 is 5.43 Å². The van der Waals surface area contributed by atoms with Gasteiger partial charge in [0, 0.05) is 11.1 Å². The molecule has 0 amide bonds. The van der Waals surface area contributed by atoms with E-state index in [1.54, 1.807) is 18.2 Å². The molecule has 17 heavy (non-hydrogen) atoms. The molecule has 0 aliphatic carbocycles. The zero-order valence-electron chi connectivity index (χ0n) is 8.68. The summed E-state index contributed by atoms with van der Waals surface area (Å²) in [6.07, 6.45) is 0. The molecule has 1 heterocycles. The van der Waals surface area contributed by atoms with Crippen LogP contribution in [0.1, 0.15) is 0 Å². The molecule has 0 spiro atoms. The summed E-state index contributed by atoms with van der Waals surface area (Å²) in [5, 5.41) is 10.4. The quantitative estimate of drug-likeness (QED) is 0.585. The number of hydrogen-bond acceptors (Lipinski definition) is 5. The van der Waals surface area contributed by atoms with Gasteiger partial charge in [0.2, 0.25) is 0 Å². The zero-order valence-corrected chi connectivity index (χ0v) is 9.50. The molecule has 1 fully saturated rings. The van der Waals surface area contributed by atoms with Crippen LogP contribution in [-0.2, 0) is 10.0 Å². The molecule has 1 N–H and O–H groups in total. The van der Waals surface area contributed by atoms with Crippen molar-refractivity contribution in [2.24, 2.45) is 0 Å². The molecule has 9 heteroatoms. The van der Waals surface area contributed by atoms with E-state index in [2.05, 4.69) is 5.43 Å². The molecule has 0 saturated carbocycles. The Balaban J connectivity index is 2.37. The van der Waals surface area contributed by atoms with E-state index >= 15 is 0 Å². The summed E-state index contributed by atoms with van der Waals surface area (Å²) in [5.41, 5.74) is 2.46. The average Bonchev–Trinajstić information content (AvgIpc) is 2.80. The van der Waals surface area contributed by atoms with Gasteiger partial charge in [-0.1, -0.05) is 18.2 Å². The molecule has 1 aliphatic heterocycles. The van der Waals surface area contributed by atoms with Crippen LogP contribution in [0.25, 0.3) is 0 Å². The Hall–Kier alpha value is -1.71. The summed E-state index contributed by atoms with van der Waals surface area (Å²) < 4.78 is 24.7. The third kappa shape index (κ3) is 2.07. The van der Waals surface area contributed by atoms with Gasteiger partial charge in [-0.2, -0.15) is 0 Å². The number of nitrogens with one attached hydrogen (secondary N) is 1. The first-order valence-corrected chi connectivity index (χ1v) is 6.23. The lowest BCUT2D eigenvalue weighted by atomic mass is 10.4. The molecule has 1 aromatic carbocycles. The highest BCUT2D eigenvalue weighted by Gasteiger charge is 2.40. The van der Waals surface area contributed by atoms with Gasteiger partial charge < -0.3 is 0 Å². The van der Waals surface area contributed by atoms with Crippen LogP contribution in [0.5, 0.6) is 0 Å². The second-order valence-corrected chi connectivity index (χ2v) is 5.07. The summed E-state index contributed by atoms with van der Waals surface area (Å²) in [4.78, 5) is 10.7. The van der Waals surface area contributed by atoms with Gasteiger partial charge in [-0.15, -0.1) is 0 Å². The molecular formula is C8H10N4O4S. The van der Waals surface area contributed by atoms with Gasteiger partial charge >= 0.3 is 0 Å². The summed E-state index contributed by atoms with van der Waals surface area (Å²) in [6, 6.07) is 7.54. The highest BCUT2D eigenvalue weighted by atomic mass is 32.2. The average molecular weight is 258 g/mol. The third-order valence-electron chi connectivity index (χ3n) is 2.23. The number of benzene rings is 1. The van der Waals surface area contributed by atoms with E-state index in [1.165, 1.54) is 12.1 Å². The Morgan fingerprint density at radius 2 is 1.94 bits per heavy atom. The number of rotatable bonds is 3. The fourth-order valence-corrected chi connectivity index (χ4v) is 2.82. The van der Waals surface area contributed by atoms with Crippen LogP contribution in [0.4, 0.5) is 0 Å². The summed E-state index contributed by atoms with van der Waals surface area (Å²) >= 11 is 0. The number of nitrogens with zero attached hydrogens (tertiary/aromatic N) is 3. The van der Waals surface area contributed by atoms with Crippen molar-refractivity contribution < 1.29 is 13.5 Å². The predicted octanol–water partition coefficient (Wildman–Crippen LogP) is -0.396. The van der Waals surface area contributed by atoms with E-state index in [9.17, 15) is 18.5 Å². The van der Waals surface area contributed by atoms with Crippen molar-refractivity contribution in [3.8, 4) is 0 Å². The van der Waals surface area contributed by atoms with E-state index in [0.29, 0.717) is 9.64 Å². The minimum absolute atomic E-state index is 0.000929. The standard InChI is InChI=1S/C8H10N4O4S/c13-12(14)10-7-6-9-11(10)17(15,16)8-4-2-1-3-5-8/h1-5,9H,6-7H2. The number of hydrazine groups is 3. The van der Waals surface area contributed by atoms with Crippen molar-refractivity contribution in [2.45, 2.75) is 4.90 Å². The zero-order chi connectivity index (χ0) is 12.5. The molecule has 0 unspecified atom stereocenters. The number of nitro groups is 1. The van der Waals surface area contributed by atoms with Crippen LogP contribution >= 0.6 is 0 Å².